The zero-order chi connectivity index (χ0) is 20.8. The number of H-pyrrole nitrogens is 1. The van der Waals surface area contributed by atoms with Gasteiger partial charge in [-0.15, -0.1) is 0 Å². The number of nitrogens with zero attached hydrogens (tertiary/aromatic N) is 1. The molecule has 0 spiro atoms. The number of nitrogens with one attached hydrogen (secondary N) is 3. The highest BCUT2D eigenvalue weighted by Crippen LogP contribution is 2.27. The molecule has 8 nitrogen and oxygen atoms in total. The molecule has 0 unspecified atom stereocenters. The molecule has 0 saturated heterocycles. The van der Waals surface area contributed by atoms with E-state index in [9.17, 15) is 14.4 Å². The van der Waals surface area contributed by atoms with E-state index in [0.29, 0.717) is 33.0 Å². The number of ether oxygens (including phenoxy) is 1. The summed E-state index contributed by atoms with van der Waals surface area (Å²) < 4.78 is 5.49. The maximum atomic E-state index is 12.3. The van der Waals surface area contributed by atoms with Gasteiger partial charge in [0, 0.05) is 16.8 Å². The number of aromatic nitrogens is 2. The van der Waals surface area contributed by atoms with Crippen molar-refractivity contribution in [1.29, 1.82) is 0 Å². The summed E-state index contributed by atoms with van der Waals surface area (Å²) in [5.41, 5.74) is 4.19. The Morgan fingerprint density at radius 3 is 2.59 bits per heavy atom. The van der Waals surface area contributed by atoms with Crippen LogP contribution in [0.1, 0.15) is 23.3 Å². The summed E-state index contributed by atoms with van der Waals surface area (Å²) in [4.78, 5) is 36.0. The summed E-state index contributed by atoms with van der Waals surface area (Å²) in [5.74, 6) is -0.575. The fourth-order valence-electron chi connectivity index (χ4n) is 2.54. The molecule has 0 fully saturated rings. The van der Waals surface area contributed by atoms with Crippen LogP contribution in [0.5, 0.6) is 5.75 Å². The van der Waals surface area contributed by atoms with Gasteiger partial charge in [0.1, 0.15) is 5.75 Å². The highest BCUT2D eigenvalue weighted by molar-refractivity contribution is 6.35. The lowest BCUT2D eigenvalue weighted by Gasteiger charge is -2.09. The minimum atomic E-state index is -0.644. The molecule has 0 saturated carbocycles. The number of carbonyl (C=O) groups excluding carboxylic acids is 2. The summed E-state index contributed by atoms with van der Waals surface area (Å²) in [7, 11) is 0. The number of halogens is 2. The van der Waals surface area contributed by atoms with Crippen LogP contribution in [-0.2, 0) is 4.79 Å². The van der Waals surface area contributed by atoms with Crippen LogP contribution < -0.4 is 21.1 Å². The van der Waals surface area contributed by atoms with Crippen molar-refractivity contribution >= 4 is 45.8 Å². The standard InChI is InChI=1S/C19H16Cl2N4O4/c20-11-7-8-15(14(21)10-11)29-9-3-6-16(26)22-25-19(28)17-12-4-1-2-5-13(12)18(27)24-23-17/h1-2,4-5,7-8,10H,3,6,9H2,(H,22,26)(H,24,27)(H,25,28). The first kappa shape index (κ1) is 20.6. The van der Waals surface area contributed by atoms with E-state index in [4.69, 9.17) is 27.9 Å². The van der Waals surface area contributed by atoms with Gasteiger partial charge in [0.15, 0.2) is 5.69 Å². The van der Waals surface area contributed by atoms with Crippen LogP contribution in [0.4, 0.5) is 0 Å². The number of rotatable bonds is 6. The second-order valence-corrected chi connectivity index (χ2v) is 6.82. The van der Waals surface area contributed by atoms with Gasteiger partial charge < -0.3 is 4.74 Å². The Labute approximate surface area is 175 Å². The van der Waals surface area contributed by atoms with E-state index in [2.05, 4.69) is 21.0 Å². The van der Waals surface area contributed by atoms with Crippen LogP contribution >= 0.6 is 23.2 Å². The molecule has 0 radical (unpaired) electrons. The van der Waals surface area contributed by atoms with Crippen LogP contribution in [0, 0.1) is 0 Å². The lowest BCUT2D eigenvalue weighted by Crippen LogP contribution is -2.42. The summed E-state index contributed by atoms with van der Waals surface area (Å²) in [6.07, 6.45) is 0.520. The topological polar surface area (TPSA) is 113 Å². The molecule has 0 bridgehead atoms. The molecule has 0 aliphatic rings. The first-order chi connectivity index (χ1) is 14.0. The van der Waals surface area contributed by atoms with Crippen molar-refractivity contribution in [2.24, 2.45) is 0 Å². The van der Waals surface area contributed by atoms with Gasteiger partial charge in [-0.3, -0.25) is 25.2 Å². The van der Waals surface area contributed by atoms with Crippen LogP contribution in [0.3, 0.4) is 0 Å². The zero-order valence-electron chi connectivity index (χ0n) is 15.0. The molecule has 0 atom stereocenters. The van der Waals surface area contributed by atoms with E-state index >= 15 is 0 Å². The predicted octanol–water partition coefficient (Wildman–Crippen LogP) is 2.85. The molecule has 1 heterocycles. The van der Waals surface area contributed by atoms with Gasteiger partial charge in [0.25, 0.3) is 11.5 Å². The molecule has 3 rings (SSSR count). The van der Waals surface area contributed by atoms with Gasteiger partial charge in [-0.1, -0.05) is 41.4 Å². The number of amides is 2. The predicted molar refractivity (Wildman–Crippen MR) is 109 cm³/mol. The lowest BCUT2D eigenvalue weighted by molar-refractivity contribution is -0.122. The van der Waals surface area contributed by atoms with E-state index in [0.717, 1.165) is 0 Å². The third-order valence-electron chi connectivity index (χ3n) is 3.93. The van der Waals surface area contributed by atoms with Gasteiger partial charge in [0.2, 0.25) is 5.91 Å². The Hall–Kier alpha value is -3.10. The van der Waals surface area contributed by atoms with Crippen molar-refractivity contribution in [1.82, 2.24) is 21.0 Å². The lowest BCUT2D eigenvalue weighted by atomic mass is 10.1. The molecule has 3 N–H and O–H groups in total. The number of hydrogen-bond donors (Lipinski definition) is 3. The number of fused-ring (bicyclic) bond motifs is 1. The van der Waals surface area contributed by atoms with Crippen molar-refractivity contribution in [3.05, 3.63) is 68.6 Å². The molecular formula is C19H16Cl2N4O4. The maximum Gasteiger partial charge on any atom is 0.290 e. The number of benzene rings is 2. The molecule has 0 aliphatic carbocycles. The summed E-state index contributed by atoms with van der Waals surface area (Å²) in [5, 5.41) is 7.63. The van der Waals surface area contributed by atoms with E-state index in [1.165, 1.54) is 0 Å². The molecule has 29 heavy (non-hydrogen) atoms. The summed E-state index contributed by atoms with van der Waals surface area (Å²) >= 11 is 11.8. The van der Waals surface area contributed by atoms with Gasteiger partial charge >= 0.3 is 0 Å². The zero-order valence-corrected chi connectivity index (χ0v) is 16.5. The normalized spacial score (nSPS) is 10.6. The summed E-state index contributed by atoms with van der Waals surface area (Å²) in [6.45, 7) is 0.259. The molecule has 150 valence electrons. The Balaban J connectivity index is 1.48. The largest absolute Gasteiger partial charge is 0.492 e. The van der Waals surface area contributed by atoms with Crippen LogP contribution in [-0.4, -0.2) is 28.6 Å². The average Bonchev–Trinajstić information content (AvgIpc) is 2.71. The van der Waals surface area contributed by atoms with E-state index in [1.807, 2.05) is 0 Å². The van der Waals surface area contributed by atoms with Crippen molar-refractivity contribution in [3.8, 4) is 5.75 Å². The van der Waals surface area contributed by atoms with Crippen molar-refractivity contribution in [2.45, 2.75) is 12.8 Å². The van der Waals surface area contributed by atoms with Gasteiger partial charge in [-0.25, -0.2) is 5.10 Å². The Bertz CT molecular complexity index is 1120. The fraction of sp³-hybridized carbons (Fsp3) is 0.158. The average molecular weight is 435 g/mol. The number of hydrogen-bond acceptors (Lipinski definition) is 5. The molecular weight excluding hydrogens is 419 g/mol. The molecule has 1 aromatic heterocycles. The SMILES string of the molecule is O=C(CCCOc1ccc(Cl)cc1Cl)NNC(=O)c1n[nH]c(=O)c2ccccc12. The molecule has 10 heteroatoms. The molecule has 2 aromatic carbocycles. The summed E-state index contributed by atoms with van der Waals surface area (Å²) in [6, 6.07) is 11.4. The fourth-order valence-corrected chi connectivity index (χ4v) is 3.01. The van der Waals surface area contributed by atoms with Gasteiger partial charge in [-0.05, 0) is 30.7 Å². The maximum absolute atomic E-state index is 12.3. The molecule has 2 amide bonds. The van der Waals surface area contributed by atoms with Crippen LogP contribution in [0.2, 0.25) is 10.0 Å². The Kier molecular flexibility index (Phi) is 6.69. The smallest absolute Gasteiger partial charge is 0.290 e. The highest BCUT2D eigenvalue weighted by atomic mass is 35.5. The van der Waals surface area contributed by atoms with E-state index < -0.39 is 17.4 Å². The number of hydrazine groups is 1. The van der Waals surface area contributed by atoms with Crippen LogP contribution in [0.15, 0.2) is 47.3 Å². The second kappa shape index (κ2) is 9.40. The second-order valence-electron chi connectivity index (χ2n) is 5.98. The van der Waals surface area contributed by atoms with Crippen molar-refractivity contribution in [3.63, 3.8) is 0 Å². The van der Waals surface area contributed by atoms with Gasteiger partial charge in [-0.2, -0.15) is 5.10 Å². The molecule has 3 aromatic rings. The third kappa shape index (κ3) is 5.24. The van der Waals surface area contributed by atoms with Crippen molar-refractivity contribution in [2.75, 3.05) is 6.61 Å². The third-order valence-corrected chi connectivity index (χ3v) is 4.46. The monoisotopic (exact) mass is 434 g/mol. The van der Waals surface area contributed by atoms with Crippen molar-refractivity contribution < 1.29 is 14.3 Å². The Morgan fingerprint density at radius 2 is 1.83 bits per heavy atom. The highest BCUT2D eigenvalue weighted by Gasteiger charge is 2.14. The molecule has 0 aliphatic heterocycles. The van der Waals surface area contributed by atoms with Crippen LogP contribution in [0.25, 0.3) is 10.8 Å². The minimum absolute atomic E-state index is 0.00112. The van der Waals surface area contributed by atoms with Gasteiger partial charge in [0.05, 0.1) is 17.0 Å². The minimum Gasteiger partial charge on any atom is -0.492 e. The first-order valence-electron chi connectivity index (χ1n) is 8.60. The number of carbonyl (C=O) groups is 2. The van der Waals surface area contributed by atoms with E-state index in [1.54, 1.807) is 42.5 Å². The number of aromatic amines is 1. The first-order valence-corrected chi connectivity index (χ1v) is 9.36. The Morgan fingerprint density at radius 1 is 1.07 bits per heavy atom. The van der Waals surface area contributed by atoms with E-state index in [-0.39, 0.29) is 18.7 Å². The quantitative estimate of drug-likeness (QED) is 0.407.